The average Bonchev–Trinajstić information content (AvgIpc) is 2.87. The highest BCUT2D eigenvalue weighted by Crippen LogP contribution is 2.66. The molecule has 2 fully saturated rings. The van der Waals surface area contributed by atoms with E-state index in [-0.39, 0.29) is 36.2 Å². The summed E-state index contributed by atoms with van der Waals surface area (Å²) in [5.74, 6) is -2.35. The second-order valence-corrected chi connectivity index (χ2v) is 9.19. The molecule has 0 radical (unpaired) electrons. The minimum absolute atomic E-state index is 0.00273. The van der Waals surface area contributed by atoms with Crippen LogP contribution in [0.15, 0.2) is 23.3 Å². The number of carboxylic acid groups (broad SMARTS) is 1. The van der Waals surface area contributed by atoms with Crippen molar-refractivity contribution in [1.82, 2.24) is 0 Å². The molecule has 0 amide bonds. The van der Waals surface area contributed by atoms with Crippen LogP contribution in [0.2, 0.25) is 0 Å². The fourth-order valence-corrected chi connectivity index (χ4v) is 6.57. The van der Waals surface area contributed by atoms with Gasteiger partial charge in [0.15, 0.2) is 11.4 Å². The SMILES string of the molecule is C[C@]12CCC(=O)C=C1C(CF)=C[C@@H]1[C@@H]2C(=O)C[C@@]2(C)[C@H]1CC[C@]2(O)C(=O)O. The summed E-state index contributed by atoms with van der Waals surface area (Å²) in [5, 5.41) is 20.5. The molecule has 2 saturated carbocycles. The molecule has 0 aromatic rings. The zero-order valence-electron chi connectivity index (χ0n) is 15.6. The molecular weight excluding hydrogens is 351 g/mol. The summed E-state index contributed by atoms with van der Waals surface area (Å²) < 4.78 is 13.9. The van der Waals surface area contributed by atoms with E-state index < -0.39 is 35.0 Å². The van der Waals surface area contributed by atoms with Crippen molar-refractivity contribution < 1.29 is 29.0 Å². The lowest BCUT2D eigenvalue weighted by atomic mass is 9.46. The lowest BCUT2D eigenvalue weighted by molar-refractivity contribution is -0.180. The maximum absolute atomic E-state index is 13.9. The molecule has 4 rings (SSSR count). The Labute approximate surface area is 157 Å². The lowest BCUT2D eigenvalue weighted by Crippen LogP contribution is -2.60. The van der Waals surface area contributed by atoms with Crippen molar-refractivity contribution in [3.63, 3.8) is 0 Å². The number of Topliss-reactive ketones (excluding diaryl/α,β-unsaturated/α-hetero) is 1. The maximum atomic E-state index is 13.9. The average molecular weight is 376 g/mol. The minimum Gasteiger partial charge on any atom is -0.479 e. The van der Waals surface area contributed by atoms with Crippen molar-refractivity contribution in [3.05, 3.63) is 23.3 Å². The van der Waals surface area contributed by atoms with Gasteiger partial charge < -0.3 is 10.2 Å². The van der Waals surface area contributed by atoms with E-state index in [1.807, 2.05) is 6.92 Å². The molecule has 6 heteroatoms. The monoisotopic (exact) mass is 376 g/mol. The van der Waals surface area contributed by atoms with E-state index in [0.29, 0.717) is 30.4 Å². The standard InChI is InChI=1S/C21H25FO5/c1-19-5-3-12(23)8-15(19)11(10-22)7-13-14-4-6-21(27,18(25)26)20(14,2)9-16(24)17(13)19/h7-8,13-14,17,27H,3-6,9-10H2,1-2H3,(H,25,26)/t13-,14-,17+,19-,20-,21-/m0/s1. The zero-order valence-corrected chi connectivity index (χ0v) is 15.6. The van der Waals surface area contributed by atoms with Crippen molar-refractivity contribution in [2.24, 2.45) is 28.6 Å². The maximum Gasteiger partial charge on any atom is 0.336 e. The molecule has 0 spiro atoms. The number of hydrogen-bond donors (Lipinski definition) is 2. The number of ketones is 2. The first kappa shape index (κ1) is 18.5. The van der Waals surface area contributed by atoms with Crippen LogP contribution < -0.4 is 0 Å². The van der Waals surface area contributed by atoms with Gasteiger partial charge in [0.1, 0.15) is 12.5 Å². The number of allylic oxidation sites excluding steroid dienone is 4. The molecule has 0 bridgehead atoms. The highest BCUT2D eigenvalue weighted by Gasteiger charge is 2.68. The number of fused-ring (bicyclic) bond motifs is 5. The molecule has 5 nitrogen and oxygen atoms in total. The number of hydrogen-bond acceptors (Lipinski definition) is 4. The Morgan fingerprint density at radius 3 is 2.63 bits per heavy atom. The first-order valence-electron chi connectivity index (χ1n) is 9.59. The first-order chi connectivity index (χ1) is 12.6. The second kappa shape index (κ2) is 5.60. The summed E-state index contributed by atoms with van der Waals surface area (Å²) in [5.41, 5.74) is -2.56. The normalized spacial score (nSPS) is 46.1. The van der Waals surface area contributed by atoms with Crippen molar-refractivity contribution in [2.75, 3.05) is 6.67 Å². The van der Waals surface area contributed by atoms with E-state index >= 15 is 0 Å². The molecule has 146 valence electrons. The summed E-state index contributed by atoms with van der Waals surface area (Å²) in [6, 6.07) is 0. The summed E-state index contributed by atoms with van der Waals surface area (Å²) >= 11 is 0. The third-order valence-electron chi connectivity index (χ3n) is 8.05. The number of carboxylic acids is 1. The van der Waals surface area contributed by atoms with Crippen LogP contribution in [-0.4, -0.2) is 40.0 Å². The van der Waals surface area contributed by atoms with Crippen LogP contribution in [0.5, 0.6) is 0 Å². The van der Waals surface area contributed by atoms with E-state index in [0.717, 1.165) is 0 Å². The van der Waals surface area contributed by atoms with Gasteiger partial charge >= 0.3 is 5.97 Å². The van der Waals surface area contributed by atoms with Gasteiger partial charge in [-0.1, -0.05) is 19.9 Å². The Kier molecular flexibility index (Phi) is 3.84. The third kappa shape index (κ3) is 2.16. The van der Waals surface area contributed by atoms with Gasteiger partial charge in [-0.3, -0.25) is 9.59 Å². The number of alkyl halides is 1. The molecule has 0 heterocycles. The number of carbonyl (C=O) groups is 3. The predicted octanol–water partition coefficient (Wildman–Crippen LogP) is 2.63. The van der Waals surface area contributed by atoms with Crippen LogP contribution in [0.3, 0.4) is 0 Å². The smallest absolute Gasteiger partial charge is 0.336 e. The molecule has 0 saturated heterocycles. The van der Waals surface area contributed by atoms with Gasteiger partial charge in [0.2, 0.25) is 0 Å². The topological polar surface area (TPSA) is 91.7 Å². The summed E-state index contributed by atoms with van der Waals surface area (Å²) in [6.45, 7) is 2.90. The van der Waals surface area contributed by atoms with Crippen LogP contribution in [-0.2, 0) is 14.4 Å². The van der Waals surface area contributed by atoms with E-state index in [1.54, 1.807) is 13.0 Å². The quantitative estimate of drug-likeness (QED) is 0.773. The summed E-state index contributed by atoms with van der Waals surface area (Å²) in [7, 11) is 0. The largest absolute Gasteiger partial charge is 0.479 e. The molecule has 2 N–H and O–H groups in total. The zero-order chi connectivity index (χ0) is 19.8. The highest BCUT2D eigenvalue weighted by molar-refractivity contribution is 5.94. The Bertz CT molecular complexity index is 813. The van der Waals surface area contributed by atoms with Gasteiger partial charge in [-0.05, 0) is 48.3 Å². The van der Waals surface area contributed by atoms with E-state index in [1.165, 1.54) is 6.08 Å². The molecule has 4 aliphatic rings. The Hall–Kier alpha value is -1.82. The Balaban J connectivity index is 1.88. The van der Waals surface area contributed by atoms with Gasteiger partial charge in [0.25, 0.3) is 0 Å². The Morgan fingerprint density at radius 1 is 1.30 bits per heavy atom. The number of rotatable bonds is 2. The van der Waals surface area contributed by atoms with Crippen LogP contribution in [0.25, 0.3) is 0 Å². The summed E-state index contributed by atoms with van der Waals surface area (Å²) in [4.78, 5) is 37.0. The van der Waals surface area contributed by atoms with Crippen molar-refractivity contribution in [3.8, 4) is 0 Å². The molecule has 4 aliphatic carbocycles. The fraction of sp³-hybridized carbons (Fsp3) is 0.667. The van der Waals surface area contributed by atoms with Crippen LogP contribution in [0.4, 0.5) is 4.39 Å². The number of carbonyl (C=O) groups excluding carboxylic acids is 2. The number of aliphatic carboxylic acids is 1. The van der Waals surface area contributed by atoms with Gasteiger partial charge in [-0.25, -0.2) is 9.18 Å². The third-order valence-corrected chi connectivity index (χ3v) is 8.05. The molecule has 0 aromatic heterocycles. The number of halogens is 1. The van der Waals surface area contributed by atoms with Crippen LogP contribution in [0, 0.1) is 28.6 Å². The fourth-order valence-electron chi connectivity index (χ4n) is 6.57. The Morgan fingerprint density at radius 2 is 2.00 bits per heavy atom. The van der Waals surface area contributed by atoms with Crippen LogP contribution >= 0.6 is 0 Å². The van der Waals surface area contributed by atoms with Gasteiger partial charge in [-0.2, -0.15) is 0 Å². The van der Waals surface area contributed by atoms with Crippen LogP contribution in [0.1, 0.15) is 46.0 Å². The first-order valence-corrected chi connectivity index (χ1v) is 9.59. The molecule has 27 heavy (non-hydrogen) atoms. The molecule has 0 aromatic carbocycles. The molecular formula is C21H25FO5. The molecule has 0 aliphatic heterocycles. The van der Waals surface area contributed by atoms with Crippen molar-refractivity contribution in [2.45, 2.75) is 51.6 Å². The van der Waals surface area contributed by atoms with Gasteiger partial charge in [0, 0.05) is 29.6 Å². The lowest BCUT2D eigenvalue weighted by Gasteiger charge is -2.56. The van der Waals surface area contributed by atoms with Crippen molar-refractivity contribution >= 4 is 17.5 Å². The minimum atomic E-state index is -1.94. The van der Waals surface area contributed by atoms with Gasteiger partial charge in [0.05, 0.1) is 0 Å². The predicted molar refractivity (Wildman–Crippen MR) is 94.5 cm³/mol. The van der Waals surface area contributed by atoms with Crippen molar-refractivity contribution in [1.29, 1.82) is 0 Å². The van der Waals surface area contributed by atoms with Gasteiger partial charge in [-0.15, -0.1) is 0 Å². The summed E-state index contributed by atoms with van der Waals surface area (Å²) in [6.07, 6.45) is 4.65. The highest BCUT2D eigenvalue weighted by atomic mass is 19.1. The molecule has 0 unspecified atom stereocenters. The second-order valence-electron chi connectivity index (χ2n) is 9.19. The van der Waals surface area contributed by atoms with E-state index in [4.69, 9.17) is 0 Å². The van der Waals surface area contributed by atoms with E-state index in [2.05, 4.69) is 0 Å². The molecule has 6 atom stereocenters. The van der Waals surface area contributed by atoms with E-state index in [9.17, 15) is 29.0 Å². The number of aliphatic hydroxyl groups is 1.